The number of benzene rings is 3. The molecule has 9 heteroatoms. The fraction of sp³-hybridized carbons (Fsp3) is 0.174. The lowest BCUT2D eigenvalue weighted by atomic mass is 10.1. The molecule has 0 bridgehead atoms. The third kappa shape index (κ3) is 6.47. The van der Waals surface area contributed by atoms with Crippen LogP contribution < -0.4 is 4.72 Å². The number of nitrogens with one attached hydrogen (secondary N) is 1. The fourth-order valence-electron chi connectivity index (χ4n) is 3.04. The quantitative estimate of drug-likeness (QED) is 0.286. The second-order valence-corrected chi connectivity index (χ2v) is 8.73. The molecule has 32 heavy (non-hydrogen) atoms. The van der Waals surface area contributed by atoms with Gasteiger partial charge >= 0.3 is 5.97 Å². The monoisotopic (exact) mass is 454 g/mol. The van der Waals surface area contributed by atoms with Crippen molar-refractivity contribution < 1.29 is 22.9 Å². The van der Waals surface area contributed by atoms with E-state index < -0.39 is 27.0 Å². The molecule has 0 aliphatic rings. The van der Waals surface area contributed by atoms with Crippen LogP contribution in [0.2, 0.25) is 0 Å². The van der Waals surface area contributed by atoms with E-state index in [-0.39, 0.29) is 23.6 Å². The number of nitro benzene ring substituents is 1. The first kappa shape index (κ1) is 23.1. The highest BCUT2D eigenvalue weighted by Gasteiger charge is 2.27. The summed E-state index contributed by atoms with van der Waals surface area (Å²) in [7, 11) is -4.12. The molecule has 0 saturated carbocycles. The smallest absolute Gasteiger partial charge is 0.324 e. The van der Waals surface area contributed by atoms with Crippen molar-refractivity contribution in [2.45, 2.75) is 23.8 Å². The van der Waals surface area contributed by atoms with Crippen molar-refractivity contribution in [3.05, 3.63) is 106 Å². The van der Waals surface area contributed by atoms with Gasteiger partial charge in [0.1, 0.15) is 6.04 Å². The number of sulfonamides is 1. The summed E-state index contributed by atoms with van der Waals surface area (Å²) in [6, 6.07) is 21.7. The summed E-state index contributed by atoms with van der Waals surface area (Å²) >= 11 is 0. The van der Waals surface area contributed by atoms with E-state index in [1.807, 2.05) is 36.4 Å². The van der Waals surface area contributed by atoms with Gasteiger partial charge in [-0.2, -0.15) is 4.72 Å². The van der Waals surface area contributed by atoms with Crippen LogP contribution in [0, 0.1) is 10.1 Å². The van der Waals surface area contributed by atoms with Gasteiger partial charge in [-0.3, -0.25) is 14.9 Å². The van der Waals surface area contributed by atoms with Crippen molar-refractivity contribution in [1.82, 2.24) is 4.72 Å². The Hall–Kier alpha value is -3.56. The number of nitro groups is 1. The molecule has 0 saturated heterocycles. The SMILES string of the molecule is O=C(OCCc1ccccc1)[C@H](Cc1ccccc1)NS(=O)(=O)c1ccc([N+](=O)[O-])cc1. The van der Waals surface area contributed by atoms with Crippen LogP contribution in [0.25, 0.3) is 0 Å². The molecule has 0 spiro atoms. The van der Waals surface area contributed by atoms with Crippen LogP contribution in [0.4, 0.5) is 5.69 Å². The molecule has 0 unspecified atom stereocenters. The highest BCUT2D eigenvalue weighted by Crippen LogP contribution is 2.17. The van der Waals surface area contributed by atoms with Crippen LogP contribution in [0.5, 0.6) is 0 Å². The number of esters is 1. The Morgan fingerprint density at radius 2 is 1.47 bits per heavy atom. The standard InChI is InChI=1S/C23H22N2O6S/c26-23(31-16-15-18-7-3-1-4-8-18)22(17-19-9-5-2-6-10-19)24-32(29,30)21-13-11-20(12-14-21)25(27)28/h1-14,22,24H,15-17H2/t22-/m0/s1. The molecule has 3 aromatic rings. The highest BCUT2D eigenvalue weighted by molar-refractivity contribution is 7.89. The maximum Gasteiger partial charge on any atom is 0.324 e. The van der Waals surface area contributed by atoms with E-state index in [4.69, 9.17) is 4.74 Å². The molecule has 3 rings (SSSR count). The predicted octanol–water partition coefficient (Wildman–Crippen LogP) is 3.27. The van der Waals surface area contributed by atoms with Crippen molar-refractivity contribution in [1.29, 1.82) is 0 Å². The Morgan fingerprint density at radius 1 is 0.906 bits per heavy atom. The number of hydrogen-bond acceptors (Lipinski definition) is 6. The van der Waals surface area contributed by atoms with Gasteiger partial charge < -0.3 is 4.74 Å². The minimum absolute atomic E-state index is 0.0945. The molecule has 1 atom stereocenters. The van der Waals surface area contributed by atoms with E-state index in [0.29, 0.717) is 6.42 Å². The Labute approximate surface area is 186 Å². The van der Waals surface area contributed by atoms with Crippen LogP contribution in [-0.4, -0.2) is 32.0 Å². The Morgan fingerprint density at radius 3 is 2.03 bits per heavy atom. The topological polar surface area (TPSA) is 116 Å². The number of rotatable bonds is 10. The van der Waals surface area contributed by atoms with Gasteiger partial charge in [0.25, 0.3) is 5.69 Å². The van der Waals surface area contributed by atoms with E-state index in [9.17, 15) is 23.3 Å². The van der Waals surface area contributed by atoms with Crippen LogP contribution >= 0.6 is 0 Å². The van der Waals surface area contributed by atoms with Gasteiger partial charge in [0.15, 0.2) is 0 Å². The number of ether oxygens (including phenoxy) is 1. The maximum absolute atomic E-state index is 12.8. The minimum Gasteiger partial charge on any atom is -0.464 e. The first-order chi connectivity index (χ1) is 15.3. The van der Waals surface area contributed by atoms with Crippen LogP contribution in [0.1, 0.15) is 11.1 Å². The fourth-order valence-corrected chi connectivity index (χ4v) is 4.22. The van der Waals surface area contributed by atoms with Gasteiger partial charge in [-0.1, -0.05) is 60.7 Å². The second-order valence-electron chi connectivity index (χ2n) is 7.02. The van der Waals surface area contributed by atoms with E-state index in [1.54, 1.807) is 24.3 Å². The zero-order chi connectivity index (χ0) is 23.0. The van der Waals surface area contributed by atoms with Crippen molar-refractivity contribution in [2.24, 2.45) is 0 Å². The van der Waals surface area contributed by atoms with Gasteiger partial charge in [0, 0.05) is 18.6 Å². The molecular weight excluding hydrogens is 432 g/mol. The van der Waals surface area contributed by atoms with Crippen LogP contribution in [-0.2, 0) is 32.4 Å². The molecule has 0 aliphatic heterocycles. The number of carbonyl (C=O) groups is 1. The summed E-state index contributed by atoms with van der Waals surface area (Å²) in [6.45, 7) is 0.105. The molecule has 8 nitrogen and oxygen atoms in total. The molecule has 166 valence electrons. The summed E-state index contributed by atoms with van der Waals surface area (Å²) in [5.74, 6) is -0.699. The molecule has 0 radical (unpaired) electrons. The number of nitrogens with zero attached hydrogens (tertiary/aromatic N) is 1. The highest BCUT2D eigenvalue weighted by atomic mass is 32.2. The summed E-state index contributed by atoms with van der Waals surface area (Å²) in [6.07, 6.45) is 0.594. The predicted molar refractivity (Wildman–Crippen MR) is 118 cm³/mol. The summed E-state index contributed by atoms with van der Waals surface area (Å²) in [5.41, 5.74) is 1.51. The Kier molecular flexibility index (Phi) is 7.69. The summed E-state index contributed by atoms with van der Waals surface area (Å²) in [5, 5.41) is 10.8. The van der Waals surface area contributed by atoms with Gasteiger partial charge in [0.2, 0.25) is 10.0 Å². The number of carbonyl (C=O) groups excluding carboxylic acids is 1. The van der Waals surface area contributed by atoms with E-state index in [2.05, 4.69) is 4.72 Å². The average molecular weight is 455 g/mol. The average Bonchev–Trinajstić information content (AvgIpc) is 2.80. The van der Waals surface area contributed by atoms with Gasteiger partial charge in [-0.05, 0) is 29.7 Å². The van der Waals surface area contributed by atoms with Crippen LogP contribution in [0.3, 0.4) is 0 Å². The zero-order valence-electron chi connectivity index (χ0n) is 17.1. The third-order valence-electron chi connectivity index (χ3n) is 4.70. The number of non-ortho nitro benzene ring substituents is 1. The minimum atomic E-state index is -4.12. The lowest BCUT2D eigenvalue weighted by molar-refractivity contribution is -0.384. The molecule has 0 heterocycles. The second kappa shape index (κ2) is 10.7. The van der Waals surface area contributed by atoms with Gasteiger partial charge in [-0.25, -0.2) is 8.42 Å². The molecule has 0 aromatic heterocycles. The van der Waals surface area contributed by atoms with E-state index in [0.717, 1.165) is 35.4 Å². The number of hydrogen-bond donors (Lipinski definition) is 1. The molecular formula is C23H22N2O6S. The lowest BCUT2D eigenvalue weighted by Crippen LogP contribution is -2.43. The van der Waals surface area contributed by atoms with Crippen LogP contribution in [0.15, 0.2) is 89.8 Å². The Balaban J connectivity index is 1.73. The van der Waals surface area contributed by atoms with Crippen molar-refractivity contribution in [2.75, 3.05) is 6.61 Å². The molecule has 1 N–H and O–H groups in total. The largest absolute Gasteiger partial charge is 0.464 e. The first-order valence-electron chi connectivity index (χ1n) is 9.86. The summed E-state index contributed by atoms with van der Waals surface area (Å²) < 4.78 is 33.4. The molecule has 0 aliphatic carbocycles. The van der Waals surface area contributed by atoms with Gasteiger partial charge in [0.05, 0.1) is 16.4 Å². The third-order valence-corrected chi connectivity index (χ3v) is 6.19. The van der Waals surface area contributed by atoms with E-state index in [1.165, 1.54) is 0 Å². The molecule has 0 amide bonds. The maximum atomic E-state index is 12.8. The van der Waals surface area contributed by atoms with Crippen molar-refractivity contribution >= 4 is 21.7 Å². The Bertz CT molecular complexity index is 1150. The van der Waals surface area contributed by atoms with Crippen molar-refractivity contribution in [3.8, 4) is 0 Å². The lowest BCUT2D eigenvalue weighted by Gasteiger charge is -2.18. The first-order valence-corrected chi connectivity index (χ1v) is 11.3. The van der Waals surface area contributed by atoms with Crippen molar-refractivity contribution in [3.63, 3.8) is 0 Å². The summed E-state index contributed by atoms with van der Waals surface area (Å²) in [4.78, 5) is 22.8. The normalized spacial score (nSPS) is 12.1. The van der Waals surface area contributed by atoms with E-state index >= 15 is 0 Å². The van der Waals surface area contributed by atoms with Gasteiger partial charge in [-0.15, -0.1) is 0 Å². The zero-order valence-corrected chi connectivity index (χ0v) is 17.9. The molecule has 0 fully saturated rings. The molecule has 3 aromatic carbocycles.